The summed E-state index contributed by atoms with van der Waals surface area (Å²) in [5.41, 5.74) is 2.17. The molecule has 0 bridgehead atoms. The number of para-hydroxylation sites is 1. The number of aromatic nitrogens is 2. The van der Waals surface area contributed by atoms with E-state index < -0.39 is 0 Å². The van der Waals surface area contributed by atoms with Gasteiger partial charge in [-0.1, -0.05) is 48.5 Å². The van der Waals surface area contributed by atoms with Gasteiger partial charge < -0.3 is 30.0 Å². The Morgan fingerprint density at radius 3 is 2.38 bits per heavy atom. The quantitative estimate of drug-likeness (QED) is 0.223. The van der Waals surface area contributed by atoms with Crippen LogP contribution in [0.3, 0.4) is 0 Å². The Morgan fingerprint density at radius 1 is 0.949 bits per heavy atom. The molecule has 39 heavy (non-hydrogen) atoms. The summed E-state index contributed by atoms with van der Waals surface area (Å²) in [7, 11) is 3.03. The van der Waals surface area contributed by atoms with Crippen LogP contribution in [0.1, 0.15) is 15.9 Å². The molecule has 4 aromatic rings. The number of ether oxygens (including phenoxy) is 3. The molecule has 1 amide bonds. The minimum absolute atomic E-state index is 0.102. The van der Waals surface area contributed by atoms with Gasteiger partial charge in [-0.25, -0.2) is 9.97 Å². The summed E-state index contributed by atoms with van der Waals surface area (Å²) in [6.45, 7) is 0.489. The first-order chi connectivity index (χ1) is 19.1. The number of amides is 1. The molecule has 0 spiro atoms. The summed E-state index contributed by atoms with van der Waals surface area (Å²) in [4.78, 5) is 22.4. The van der Waals surface area contributed by atoms with Gasteiger partial charge in [0.1, 0.15) is 29.5 Å². The lowest BCUT2D eigenvalue weighted by Gasteiger charge is -2.20. The SMILES string of the molecule is COc1ccnc(OC)c1-c1nc(N[C@H](CO)Cc2ccccc2)ccc1C(=O)NCCOc1ccccc1. The molecule has 0 aliphatic heterocycles. The Morgan fingerprint density at radius 2 is 1.69 bits per heavy atom. The van der Waals surface area contributed by atoms with E-state index in [1.54, 1.807) is 24.4 Å². The summed E-state index contributed by atoms with van der Waals surface area (Å²) in [5.74, 6) is 1.59. The van der Waals surface area contributed by atoms with Gasteiger partial charge in [-0.05, 0) is 42.3 Å². The number of rotatable bonds is 13. The maximum atomic E-state index is 13.3. The molecule has 9 nitrogen and oxygen atoms in total. The summed E-state index contributed by atoms with van der Waals surface area (Å²) in [6.07, 6.45) is 2.16. The summed E-state index contributed by atoms with van der Waals surface area (Å²) in [5, 5.41) is 16.2. The van der Waals surface area contributed by atoms with Crippen molar-refractivity contribution in [1.29, 1.82) is 0 Å². The fourth-order valence-electron chi connectivity index (χ4n) is 4.10. The maximum Gasteiger partial charge on any atom is 0.253 e. The van der Waals surface area contributed by atoms with Gasteiger partial charge in [0.15, 0.2) is 0 Å². The Kier molecular flexibility index (Phi) is 9.68. The van der Waals surface area contributed by atoms with Crippen LogP contribution in [0.15, 0.2) is 85.1 Å². The lowest BCUT2D eigenvalue weighted by molar-refractivity contribution is 0.0947. The van der Waals surface area contributed by atoms with Gasteiger partial charge >= 0.3 is 0 Å². The number of pyridine rings is 2. The monoisotopic (exact) mass is 528 g/mol. The maximum absolute atomic E-state index is 13.3. The van der Waals surface area contributed by atoms with E-state index in [1.807, 2.05) is 60.7 Å². The third kappa shape index (κ3) is 7.24. The molecule has 202 valence electrons. The zero-order chi connectivity index (χ0) is 27.5. The molecule has 0 aliphatic rings. The predicted octanol–water partition coefficient (Wildman–Crippen LogP) is 3.99. The smallest absolute Gasteiger partial charge is 0.253 e. The van der Waals surface area contributed by atoms with Crippen molar-refractivity contribution < 1.29 is 24.1 Å². The number of carbonyl (C=O) groups is 1. The molecule has 9 heteroatoms. The average molecular weight is 529 g/mol. The second-order valence-corrected chi connectivity index (χ2v) is 8.62. The van der Waals surface area contributed by atoms with Gasteiger partial charge in [0.2, 0.25) is 5.88 Å². The van der Waals surface area contributed by atoms with Gasteiger partial charge in [-0.3, -0.25) is 4.79 Å². The third-order valence-corrected chi connectivity index (χ3v) is 5.96. The van der Waals surface area contributed by atoms with E-state index in [4.69, 9.17) is 19.2 Å². The summed E-state index contributed by atoms with van der Waals surface area (Å²) >= 11 is 0. The van der Waals surface area contributed by atoms with E-state index in [1.165, 1.54) is 14.2 Å². The standard InChI is InChI=1S/C30H32N4O5/c1-37-25-15-16-32-30(38-2)27(25)28-24(29(36)31-17-18-39-23-11-7-4-8-12-23)13-14-26(34-28)33-22(20-35)19-21-9-5-3-6-10-21/h3-16,22,35H,17-20H2,1-2H3,(H,31,36)(H,33,34)/t22-/m0/s1. The van der Waals surface area contributed by atoms with Crippen molar-refractivity contribution >= 4 is 11.7 Å². The van der Waals surface area contributed by atoms with Gasteiger partial charge in [0, 0.05) is 6.20 Å². The highest BCUT2D eigenvalue weighted by Crippen LogP contribution is 2.38. The zero-order valence-corrected chi connectivity index (χ0v) is 22.0. The molecule has 0 saturated heterocycles. The van der Waals surface area contributed by atoms with Gasteiger partial charge in [-0.2, -0.15) is 0 Å². The van der Waals surface area contributed by atoms with Crippen LogP contribution in [0.25, 0.3) is 11.3 Å². The third-order valence-electron chi connectivity index (χ3n) is 5.96. The van der Waals surface area contributed by atoms with Crippen molar-refractivity contribution in [2.24, 2.45) is 0 Å². The second-order valence-electron chi connectivity index (χ2n) is 8.62. The molecular formula is C30H32N4O5. The molecule has 3 N–H and O–H groups in total. The Hall–Kier alpha value is -4.63. The van der Waals surface area contributed by atoms with Crippen molar-refractivity contribution in [3.63, 3.8) is 0 Å². The van der Waals surface area contributed by atoms with Crippen LogP contribution < -0.4 is 24.8 Å². The number of nitrogens with one attached hydrogen (secondary N) is 2. The molecule has 2 aromatic heterocycles. The van der Waals surface area contributed by atoms with Crippen LogP contribution in [0.4, 0.5) is 5.82 Å². The molecule has 0 saturated carbocycles. The van der Waals surface area contributed by atoms with Crippen molar-refractivity contribution in [3.8, 4) is 28.6 Å². The molecule has 0 radical (unpaired) electrons. The Balaban J connectivity index is 1.60. The lowest BCUT2D eigenvalue weighted by atomic mass is 10.0. The van der Waals surface area contributed by atoms with E-state index in [0.29, 0.717) is 41.4 Å². The molecular weight excluding hydrogens is 496 g/mol. The molecule has 1 atom stereocenters. The van der Waals surface area contributed by atoms with Gasteiger partial charge in [0.25, 0.3) is 5.91 Å². The van der Waals surface area contributed by atoms with Gasteiger partial charge in [-0.15, -0.1) is 0 Å². The van der Waals surface area contributed by atoms with E-state index in [9.17, 15) is 9.90 Å². The highest BCUT2D eigenvalue weighted by Gasteiger charge is 2.23. The van der Waals surface area contributed by atoms with Crippen molar-refractivity contribution in [2.75, 3.05) is 39.3 Å². The highest BCUT2D eigenvalue weighted by molar-refractivity contribution is 6.01. The number of aliphatic hydroxyl groups is 1. The number of benzene rings is 2. The largest absolute Gasteiger partial charge is 0.496 e. The predicted molar refractivity (Wildman–Crippen MR) is 149 cm³/mol. The van der Waals surface area contributed by atoms with E-state index in [2.05, 4.69) is 15.6 Å². The van der Waals surface area contributed by atoms with Crippen LogP contribution in [0.5, 0.6) is 17.4 Å². The molecule has 4 rings (SSSR count). The van der Waals surface area contributed by atoms with E-state index in [0.717, 1.165) is 11.3 Å². The molecule has 0 aliphatic carbocycles. The first-order valence-electron chi connectivity index (χ1n) is 12.6. The van der Waals surface area contributed by atoms with E-state index in [-0.39, 0.29) is 31.0 Å². The number of carbonyl (C=O) groups excluding carboxylic acids is 1. The first kappa shape index (κ1) is 27.4. The molecule has 0 unspecified atom stereocenters. The molecule has 2 heterocycles. The van der Waals surface area contributed by atoms with Crippen LogP contribution in [0, 0.1) is 0 Å². The number of hydrogen-bond donors (Lipinski definition) is 3. The number of nitrogens with zero attached hydrogens (tertiary/aromatic N) is 2. The molecule has 0 fully saturated rings. The van der Waals surface area contributed by atoms with Crippen molar-refractivity contribution in [1.82, 2.24) is 15.3 Å². The first-order valence-corrected chi connectivity index (χ1v) is 12.6. The van der Waals surface area contributed by atoms with Crippen LogP contribution in [0.2, 0.25) is 0 Å². The van der Waals surface area contributed by atoms with Crippen molar-refractivity contribution in [2.45, 2.75) is 12.5 Å². The minimum atomic E-state index is -0.336. The highest BCUT2D eigenvalue weighted by atomic mass is 16.5. The van der Waals surface area contributed by atoms with Crippen LogP contribution in [-0.4, -0.2) is 61.0 Å². The molecule has 2 aromatic carbocycles. The second kappa shape index (κ2) is 13.8. The Labute approximate surface area is 227 Å². The lowest BCUT2D eigenvalue weighted by Crippen LogP contribution is -2.29. The van der Waals surface area contributed by atoms with Crippen LogP contribution in [-0.2, 0) is 6.42 Å². The fourth-order valence-corrected chi connectivity index (χ4v) is 4.10. The topological polar surface area (TPSA) is 115 Å². The average Bonchev–Trinajstić information content (AvgIpc) is 2.99. The summed E-state index contributed by atoms with van der Waals surface area (Å²) in [6, 6.07) is 24.0. The number of aliphatic hydroxyl groups excluding tert-OH is 1. The summed E-state index contributed by atoms with van der Waals surface area (Å²) < 4.78 is 16.8. The zero-order valence-electron chi connectivity index (χ0n) is 22.0. The fraction of sp³-hybridized carbons (Fsp3) is 0.233. The van der Waals surface area contributed by atoms with E-state index >= 15 is 0 Å². The normalized spacial score (nSPS) is 11.4. The van der Waals surface area contributed by atoms with Crippen molar-refractivity contribution in [3.05, 3.63) is 96.2 Å². The minimum Gasteiger partial charge on any atom is -0.496 e. The number of methoxy groups -OCH3 is 2. The van der Waals surface area contributed by atoms with Crippen LogP contribution >= 0.6 is 0 Å². The Bertz CT molecular complexity index is 1330. The number of anilines is 1. The van der Waals surface area contributed by atoms with Gasteiger partial charge in [0.05, 0.1) is 44.7 Å². The number of hydrogen-bond acceptors (Lipinski definition) is 8.